The van der Waals surface area contributed by atoms with Crippen LogP contribution in [0, 0.1) is 5.92 Å². The zero-order valence-corrected chi connectivity index (χ0v) is 11.1. The number of halogens is 1. The Morgan fingerprint density at radius 2 is 2.00 bits per heavy atom. The molecule has 0 saturated carbocycles. The topological polar surface area (TPSA) is 20.3 Å². The Balaban J connectivity index is 2.19. The third-order valence-corrected chi connectivity index (χ3v) is 3.78. The number of piperidine rings is 1. The molecule has 0 N–H and O–H groups in total. The molecule has 0 aromatic heterocycles. The van der Waals surface area contributed by atoms with Crippen molar-refractivity contribution in [3.8, 4) is 0 Å². The second-order valence-corrected chi connectivity index (χ2v) is 5.30. The highest BCUT2D eigenvalue weighted by Crippen LogP contribution is 2.30. The lowest BCUT2D eigenvalue weighted by Crippen LogP contribution is -2.32. The van der Waals surface area contributed by atoms with Crippen molar-refractivity contribution in [2.75, 3.05) is 18.0 Å². The molecule has 0 bridgehead atoms. The highest BCUT2D eigenvalue weighted by molar-refractivity contribution is 6.33. The fraction of sp³-hybridized carbons (Fsp3) is 0.500. The van der Waals surface area contributed by atoms with Crippen molar-refractivity contribution in [2.24, 2.45) is 5.92 Å². The van der Waals surface area contributed by atoms with Gasteiger partial charge in [-0.1, -0.05) is 18.5 Å². The van der Waals surface area contributed by atoms with E-state index in [4.69, 9.17) is 11.6 Å². The van der Waals surface area contributed by atoms with Crippen LogP contribution in [0.1, 0.15) is 37.0 Å². The van der Waals surface area contributed by atoms with Crippen molar-refractivity contribution >= 4 is 23.1 Å². The largest absolute Gasteiger partial charge is 0.370 e. The molecule has 0 aliphatic carbocycles. The minimum absolute atomic E-state index is 0.0608. The molecule has 0 atom stereocenters. The number of anilines is 1. The average Bonchev–Trinajstić information content (AvgIpc) is 2.30. The molecule has 0 radical (unpaired) electrons. The molecule has 3 heteroatoms. The number of Topliss-reactive ketones (excluding diaryl/α,β-unsaturated/α-hetero) is 1. The molecule has 1 heterocycles. The number of nitrogens with zero attached hydrogens (tertiary/aromatic N) is 1. The summed E-state index contributed by atoms with van der Waals surface area (Å²) in [5.41, 5.74) is 1.74. The van der Waals surface area contributed by atoms with E-state index >= 15 is 0 Å². The summed E-state index contributed by atoms with van der Waals surface area (Å²) in [4.78, 5) is 13.6. The Kier molecular flexibility index (Phi) is 3.72. The maximum atomic E-state index is 11.3. The molecule has 1 aliphatic rings. The second-order valence-electron chi connectivity index (χ2n) is 4.89. The van der Waals surface area contributed by atoms with Crippen LogP contribution < -0.4 is 4.90 Å². The maximum absolute atomic E-state index is 11.3. The molecule has 2 rings (SSSR count). The van der Waals surface area contributed by atoms with Crippen LogP contribution in [0.4, 0.5) is 5.69 Å². The van der Waals surface area contributed by atoms with Crippen LogP contribution >= 0.6 is 11.6 Å². The number of hydrogen-bond acceptors (Lipinski definition) is 2. The number of carbonyl (C=O) groups is 1. The predicted octanol–water partition coefficient (Wildman–Crippen LogP) is 3.78. The summed E-state index contributed by atoms with van der Waals surface area (Å²) < 4.78 is 0. The Morgan fingerprint density at radius 3 is 2.53 bits per heavy atom. The molecule has 1 saturated heterocycles. The van der Waals surface area contributed by atoms with Gasteiger partial charge in [0.1, 0.15) is 0 Å². The highest BCUT2D eigenvalue weighted by atomic mass is 35.5. The van der Waals surface area contributed by atoms with Crippen LogP contribution in [0.3, 0.4) is 0 Å². The number of benzene rings is 1. The number of carbonyl (C=O) groups excluding carboxylic acids is 1. The van der Waals surface area contributed by atoms with Crippen LogP contribution in [0.2, 0.25) is 5.02 Å². The van der Waals surface area contributed by atoms with Crippen molar-refractivity contribution in [3.63, 3.8) is 0 Å². The molecule has 1 aromatic rings. The zero-order valence-electron chi connectivity index (χ0n) is 10.4. The normalized spacial score (nSPS) is 17.2. The van der Waals surface area contributed by atoms with Crippen molar-refractivity contribution in [2.45, 2.75) is 26.7 Å². The third kappa shape index (κ3) is 2.81. The molecule has 0 unspecified atom stereocenters. The summed E-state index contributed by atoms with van der Waals surface area (Å²) in [6.07, 6.45) is 2.43. The van der Waals surface area contributed by atoms with Gasteiger partial charge in [-0.15, -0.1) is 0 Å². The monoisotopic (exact) mass is 251 g/mol. The maximum Gasteiger partial charge on any atom is 0.159 e. The SMILES string of the molecule is CC(=O)c1ccc(N2CCC(C)CC2)c(Cl)c1. The summed E-state index contributed by atoms with van der Waals surface area (Å²) in [6, 6.07) is 5.61. The van der Waals surface area contributed by atoms with Gasteiger partial charge >= 0.3 is 0 Å². The van der Waals surface area contributed by atoms with Crippen LogP contribution in [0.5, 0.6) is 0 Å². The minimum atomic E-state index is 0.0608. The molecular weight excluding hydrogens is 234 g/mol. The smallest absolute Gasteiger partial charge is 0.159 e. The van der Waals surface area contributed by atoms with Crippen LogP contribution in [0.15, 0.2) is 18.2 Å². The molecule has 17 heavy (non-hydrogen) atoms. The van der Waals surface area contributed by atoms with Crippen LogP contribution in [0.25, 0.3) is 0 Å². The van der Waals surface area contributed by atoms with E-state index in [1.54, 1.807) is 13.0 Å². The predicted molar refractivity (Wildman–Crippen MR) is 72.1 cm³/mol. The van der Waals surface area contributed by atoms with Gasteiger partial charge < -0.3 is 4.90 Å². The van der Waals surface area contributed by atoms with Gasteiger partial charge in [0.15, 0.2) is 5.78 Å². The Labute approximate surface area is 108 Å². The zero-order chi connectivity index (χ0) is 12.4. The summed E-state index contributed by atoms with van der Waals surface area (Å²) in [5.74, 6) is 0.868. The number of hydrogen-bond donors (Lipinski definition) is 0. The fourth-order valence-electron chi connectivity index (χ4n) is 2.23. The van der Waals surface area contributed by atoms with Gasteiger partial charge in [0.2, 0.25) is 0 Å². The van der Waals surface area contributed by atoms with Crippen molar-refractivity contribution in [1.29, 1.82) is 0 Å². The van der Waals surface area contributed by atoms with Gasteiger partial charge in [-0.05, 0) is 43.9 Å². The number of ketones is 1. The Hall–Kier alpha value is -1.02. The Morgan fingerprint density at radius 1 is 1.35 bits per heavy atom. The van der Waals surface area contributed by atoms with Crippen LogP contribution in [-0.2, 0) is 0 Å². The van der Waals surface area contributed by atoms with E-state index in [1.807, 2.05) is 12.1 Å². The first kappa shape index (κ1) is 12.4. The molecule has 1 fully saturated rings. The first-order valence-electron chi connectivity index (χ1n) is 6.13. The van der Waals surface area contributed by atoms with E-state index in [0.29, 0.717) is 10.6 Å². The molecule has 0 spiro atoms. The summed E-state index contributed by atoms with van der Waals surface area (Å²) in [5, 5.41) is 0.687. The van der Waals surface area contributed by atoms with E-state index in [2.05, 4.69) is 11.8 Å². The van der Waals surface area contributed by atoms with E-state index in [0.717, 1.165) is 24.7 Å². The van der Waals surface area contributed by atoms with Gasteiger partial charge in [-0.25, -0.2) is 0 Å². The molecule has 92 valence electrons. The van der Waals surface area contributed by atoms with E-state index in [1.165, 1.54) is 12.8 Å². The van der Waals surface area contributed by atoms with Crippen molar-refractivity contribution < 1.29 is 4.79 Å². The summed E-state index contributed by atoms with van der Waals surface area (Å²) in [7, 11) is 0. The summed E-state index contributed by atoms with van der Waals surface area (Å²) in [6.45, 7) is 5.96. The van der Waals surface area contributed by atoms with E-state index in [-0.39, 0.29) is 5.78 Å². The molecule has 0 amide bonds. The lowest BCUT2D eigenvalue weighted by Gasteiger charge is -2.32. The van der Waals surface area contributed by atoms with Gasteiger partial charge in [0.25, 0.3) is 0 Å². The van der Waals surface area contributed by atoms with Crippen molar-refractivity contribution in [3.05, 3.63) is 28.8 Å². The highest BCUT2D eigenvalue weighted by Gasteiger charge is 2.18. The van der Waals surface area contributed by atoms with Crippen LogP contribution in [-0.4, -0.2) is 18.9 Å². The summed E-state index contributed by atoms with van der Waals surface area (Å²) >= 11 is 6.25. The fourth-order valence-corrected chi connectivity index (χ4v) is 2.53. The molecule has 2 nitrogen and oxygen atoms in total. The minimum Gasteiger partial charge on any atom is -0.370 e. The van der Waals surface area contributed by atoms with Gasteiger partial charge in [-0.3, -0.25) is 4.79 Å². The standard InChI is InChI=1S/C14H18ClNO/c1-10-5-7-16(8-6-10)14-4-3-12(11(2)17)9-13(14)15/h3-4,9-10H,5-8H2,1-2H3. The molecule has 1 aliphatic heterocycles. The number of rotatable bonds is 2. The van der Waals surface area contributed by atoms with E-state index in [9.17, 15) is 4.79 Å². The lowest BCUT2D eigenvalue weighted by molar-refractivity contribution is 0.101. The van der Waals surface area contributed by atoms with Crippen molar-refractivity contribution in [1.82, 2.24) is 0 Å². The Bertz CT molecular complexity index is 422. The van der Waals surface area contributed by atoms with Gasteiger partial charge in [0, 0.05) is 18.7 Å². The molecular formula is C14H18ClNO. The lowest BCUT2D eigenvalue weighted by atomic mass is 9.98. The quantitative estimate of drug-likeness (QED) is 0.746. The van der Waals surface area contributed by atoms with E-state index < -0.39 is 0 Å². The first-order chi connectivity index (χ1) is 8.08. The van der Waals surface area contributed by atoms with Gasteiger partial charge in [-0.2, -0.15) is 0 Å². The first-order valence-corrected chi connectivity index (χ1v) is 6.51. The molecule has 1 aromatic carbocycles. The third-order valence-electron chi connectivity index (χ3n) is 3.48. The van der Waals surface area contributed by atoms with Gasteiger partial charge in [0.05, 0.1) is 10.7 Å². The second kappa shape index (κ2) is 5.09. The average molecular weight is 252 g/mol.